The van der Waals surface area contributed by atoms with E-state index in [1.165, 1.54) is 0 Å². The molecule has 10 N–H and O–H groups in total. The van der Waals surface area contributed by atoms with Gasteiger partial charge in [-0.25, -0.2) is 4.79 Å². The molecule has 5 amide bonds. The number of rotatable bonds is 25. The maximum absolute atomic E-state index is 13.8. The molecule has 0 fully saturated rings. The van der Waals surface area contributed by atoms with Crippen LogP contribution in [0.1, 0.15) is 91.0 Å². The average molecular weight is 781 g/mol. The van der Waals surface area contributed by atoms with Crippen molar-refractivity contribution in [2.45, 2.75) is 122 Å². The van der Waals surface area contributed by atoms with Crippen molar-refractivity contribution < 1.29 is 33.9 Å². The minimum Gasteiger partial charge on any atom is -0.480 e. The fourth-order valence-corrected chi connectivity index (χ4v) is 5.44. The summed E-state index contributed by atoms with van der Waals surface area (Å²) in [6.45, 7) is 7.92. The molecule has 0 aliphatic rings. The minimum atomic E-state index is -1.19. The molecule has 0 bridgehead atoms. The van der Waals surface area contributed by atoms with Crippen LogP contribution in [0.5, 0.6) is 0 Å². The maximum atomic E-state index is 13.8. The Labute approximate surface area is 310 Å². The zero-order valence-electron chi connectivity index (χ0n) is 30.3. The van der Waals surface area contributed by atoms with Gasteiger partial charge in [0, 0.05) is 17.3 Å². The molecule has 0 radical (unpaired) electrons. The Morgan fingerprint density at radius 3 is 1.69 bits per heavy atom. The molecule has 15 heteroatoms. The van der Waals surface area contributed by atoms with Crippen LogP contribution in [0.4, 0.5) is 0 Å². The van der Waals surface area contributed by atoms with Gasteiger partial charge in [-0.05, 0) is 95.0 Å². The Balaban J connectivity index is 3.33. The summed E-state index contributed by atoms with van der Waals surface area (Å²) in [5.74, 6) is -4.03. The van der Waals surface area contributed by atoms with Crippen LogP contribution >= 0.6 is 15.9 Å². The van der Waals surface area contributed by atoms with Crippen molar-refractivity contribution in [1.29, 1.82) is 0 Å². The highest BCUT2D eigenvalue weighted by Crippen LogP contribution is 2.14. The van der Waals surface area contributed by atoms with Crippen LogP contribution < -0.4 is 38.1 Å². The van der Waals surface area contributed by atoms with Crippen molar-refractivity contribution in [1.82, 2.24) is 26.6 Å². The van der Waals surface area contributed by atoms with E-state index in [2.05, 4.69) is 42.5 Å². The lowest BCUT2D eigenvalue weighted by Crippen LogP contribution is -2.59. The monoisotopic (exact) mass is 779 g/mol. The zero-order chi connectivity index (χ0) is 38.3. The number of allylic oxidation sites excluding steroid dienone is 1. The van der Waals surface area contributed by atoms with Crippen LogP contribution in [0.3, 0.4) is 0 Å². The highest BCUT2D eigenvalue weighted by molar-refractivity contribution is 9.10. The van der Waals surface area contributed by atoms with Crippen molar-refractivity contribution in [2.75, 3.05) is 13.1 Å². The van der Waals surface area contributed by atoms with Crippen LogP contribution in [0.2, 0.25) is 0 Å². The Hall–Kier alpha value is -3.82. The van der Waals surface area contributed by atoms with Gasteiger partial charge in [-0.2, -0.15) is 0 Å². The first-order valence-electron chi connectivity index (χ1n) is 17.7. The van der Waals surface area contributed by atoms with Gasteiger partial charge in [-0.15, -0.1) is 0 Å². The smallest absolute Gasteiger partial charge is 0.326 e. The normalized spacial score (nSPS) is 14.2. The molecule has 1 rings (SSSR count). The van der Waals surface area contributed by atoms with E-state index < -0.39 is 59.8 Å². The summed E-state index contributed by atoms with van der Waals surface area (Å²) in [6, 6.07) is 1.72. The molecule has 1 aromatic carbocycles. The zero-order valence-corrected chi connectivity index (χ0v) is 31.9. The molecule has 286 valence electrons. The predicted molar refractivity (Wildman–Crippen MR) is 200 cm³/mol. The SMILES string of the molecule is C/C=C/C[C@H](NC(=O)[C@H](CCCCN)NC(=O)[C@H](CCCCN)NC(=O)CC)C(=O)N[C@@H](Cc1ccc(Br)cc1)C(=O)N[C@@H](CC(C)C)C(=O)O. The van der Waals surface area contributed by atoms with Gasteiger partial charge in [0.1, 0.15) is 30.2 Å². The number of benzene rings is 1. The summed E-state index contributed by atoms with van der Waals surface area (Å²) in [7, 11) is 0. The summed E-state index contributed by atoms with van der Waals surface area (Å²) < 4.78 is 0.816. The topological polar surface area (TPSA) is 235 Å². The van der Waals surface area contributed by atoms with Crippen LogP contribution in [-0.4, -0.2) is 83.9 Å². The Morgan fingerprint density at radius 1 is 0.725 bits per heavy atom. The van der Waals surface area contributed by atoms with E-state index >= 15 is 0 Å². The molecule has 1 aromatic rings. The lowest BCUT2D eigenvalue weighted by molar-refractivity contribution is -0.142. The van der Waals surface area contributed by atoms with Gasteiger partial charge in [0.25, 0.3) is 0 Å². The fourth-order valence-electron chi connectivity index (χ4n) is 5.17. The van der Waals surface area contributed by atoms with Gasteiger partial charge in [0.15, 0.2) is 0 Å². The molecule has 0 aromatic heterocycles. The lowest BCUT2D eigenvalue weighted by Gasteiger charge is -2.27. The first kappa shape index (κ1) is 45.2. The number of nitrogens with two attached hydrogens (primary N) is 2. The number of unbranched alkanes of at least 4 members (excludes halogenated alkanes) is 2. The number of nitrogens with one attached hydrogen (secondary N) is 5. The number of halogens is 1. The van der Waals surface area contributed by atoms with E-state index in [1.54, 1.807) is 50.3 Å². The molecule has 0 aliphatic heterocycles. The molecule has 0 saturated carbocycles. The number of carboxylic acid groups (broad SMARTS) is 1. The largest absolute Gasteiger partial charge is 0.480 e. The number of hydrogen-bond acceptors (Lipinski definition) is 8. The molecular formula is C36H58BrN7O7. The summed E-state index contributed by atoms with van der Waals surface area (Å²) in [5, 5.41) is 23.3. The third kappa shape index (κ3) is 18.3. The van der Waals surface area contributed by atoms with E-state index in [4.69, 9.17) is 11.5 Å². The van der Waals surface area contributed by atoms with E-state index in [0.29, 0.717) is 50.8 Å². The average Bonchev–Trinajstić information content (AvgIpc) is 3.08. The number of aliphatic carboxylic acids is 1. The first-order valence-corrected chi connectivity index (χ1v) is 18.5. The number of carbonyl (C=O) groups excluding carboxylic acids is 5. The first-order chi connectivity index (χ1) is 24.3. The van der Waals surface area contributed by atoms with Gasteiger partial charge in [-0.1, -0.05) is 61.0 Å². The van der Waals surface area contributed by atoms with Crippen LogP contribution in [0.15, 0.2) is 40.9 Å². The molecule has 14 nitrogen and oxygen atoms in total. The van der Waals surface area contributed by atoms with Crippen molar-refractivity contribution >= 4 is 51.4 Å². The molecule has 0 heterocycles. The molecule has 0 spiro atoms. The molecular weight excluding hydrogens is 722 g/mol. The van der Waals surface area contributed by atoms with Gasteiger partial charge in [0.2, 0.25) is 29.5 Å². The van der Waals surface area contributed by atoms with E-state index in [0.717, 1.165) is 4.47 Å². The highest BCUT2D eigenvalue weighted by Gasteiger charge is 2.32. The van der Waals surface area contributed by atoms with Crippen LogP contribution in [0, 0.1) is 5.92 Å². The number of amides is 5. The van der Waals surface area contributed by atoms with E-state index in [-0.39, 0.29) is 43.9 Å². The second-order valence-electron chi connectivity index (χ2n) is 12.9. The summed E-state index contributed by atoms with van der Waals surface area (Å²) in [5.41, 5.74) is 12.0. The molecule has 0 aliphatic carbocycles. The highest BCUT2D eigenvalue weighted by atomic mass is 79.9. The number of hydrogen-bond donors (Lipinski definition) is 8. The fraction of sp³-hybridized carbons (Fsp3) is 0.611. The summed E-state index contributed by atoms with van der Waals surface area (Å²) in [6.07, 6.45) is 6.80. The standard InChI is InChI=1S/C36H58BrN7O7/c1-5-7-12-27(41-33(47)28(14-9-11-20-39)42-32(46)26(13-8-10-19-38)40-31(45)6-2)34(48)43-29(22-24-15-17-25(37)18-16-24)35(49)44-30(36(50)51)21-23(3)4/h5,7,15-18,23,26-30H,6,8-14,19-22,38-39H2,1-4H3,(H,40,45)(H,41,47)(H,42,46)(H,43,48)(H,44,49)(H,50,51)/b7-5+/t26-,27-,28-,29-,30-/m0/s1. The van der Waals surface area contributed by atoms with Crippen molar-refractivity contribution in [3.05, 3.63) is 46.5 Å². The van der Waals surface area contributed by atoms with Gasteiger partial charge >= 0.3 is 5.97 Å². The van der Waals surface area contributed by atoms with Crippen molar-refractivity contribution in [2.24, 2.45) is 17.4 Å². The third-order valence-electron chi connectivity index (χ3n) is 8.05. The van der Waals surface area contributed by atoms with E-state index in [9.17, 15) is 33.9 Å². The summed E-state index contributed by atoms with van der Waals surface area (Å²) >= 11 is 3.38. The molecule has 0 unspecified atom stereocenters. The van der Waals surface area contributed by atoms with Crippen molar-refractivity contribution in [3.63, 3.8) is 0 Å². The van der Waals surface area contributed by atoms with Crippen LogP contribution in [-0.2, 0) is 35.2 Å². The molecule has 0 saturated heterocycles. The van der Waals surface area contributed by atoms with E-state index in [1.807, 2.05) is 13.8 Å². The second-order valence-corrected chi connectivity index (χ2v) is 13.8. The third-order valence-corrected chi connectivity index (χ3v) is 8.58. The number of carbonyl (C=O) groups is 6. The molecule has 51 heavy (non-hydrogen) atoms. The van der Waals surface area contributed by atoms with Gasteiger partial charge in [-0.3, -0.25) is 24.0 Å². The minimum absolute atomic E-state index is 0.0197. The quantitative estimate of drug-likeness (QED) is 0.0536. The Kier molecular flexibility index (Phi) is 22.3. The van der Waals surface area contributed by atoms with Crippen LogP contribution in [0.25, 0.3) is 0 Å². The number of carboxylic acids is 1. The van der Waals surface area contributed by atoms with Gasteiger partial charge in [0.05, 0.1) is 0 Å². The summed E-state index contributed by atoms with van der Waals surface area (Å²) in [4.78, 5) is 78.7. The Morgan fingerprint density at radius 2 is 1.20 bits per heavy atom. The molecule has 5 atom stereocenters. The Bertz CT molecular complexity index is 1290. The van der Waals surface area contributed by atoms with Crippen molar-refractivity contribution in [3.8, 4) is 0 Å². The predicted octanol–water partition coefficient (Wildman–Crippen LogP) is 2.18. The lowest BCUT2D eigenvalue weighted by atomic mass is 10.0. The van der Waals surface area contributed by atoms with Gasteiger partial charge < -0.3 is 43.2 Å². The maximum Gasteiger partial charge on any atom is 0.326 e. The second kappa shape index (κ2) is 25.2.